The number of aromatic nitrogens is 2. The maximum absolute atomic E-state index is 12.7. The molecule has 178 valence electrons. The van der Waals surface area contributed by atoms with E-state index in [4.69, 9.17) is 10.8 Å². The molecule has 8 N–H and O–H groups in total. The van der Waals surface area contributed by atoms with E-state index in [2.05, 4.69) is 38.5 Å². The number of nitrogens with two attached hydrogens (primary N) is 1. The van der Waals surface area contributed by atoms with Crippen molar-refractivity contribution in [3.63, 3.8) is 0 Å². The molecule has 4 atom stereocenters. The Morgan fingerprint density at radius 3 is 2.16 bits per heavy atom. The monoisotopic (exact) mass is 472 g/mol. The zero-order valence-electron chi connectivity index (χ0n) is 17.6. The van der Waals surface area contributed by atoms with E-state index in [1.807, 2.05) is 0 Å². The van der Waals surface area contributed by atoms with Crippen molar-refractivity contribution in [2.75, 3.05) is 5.75 Å². The van der Waals surface area contributed by atoms with Crippen molar-refractivity contribution in [1.29, 1.82) is 0 Å². The molecule has 32 heavy (non-hydrogen) atoms. The lowest BCUT2D eigenvalue weighted by molar-refractivity contribution is -0.143. The van der Waals surface area contributed by atoms with Gasteiger partial charge in [-0.25, -0.2) is 9.78 Å². The maximum atomic E-state index is 12.7. The molecule has 3 amide bonds. The molecule has 14 heteroatoms. The number of carbonyl (C=O) groups excluding carboxylic acids is 3. The molecule has 1 aromatic rings. The van der Waals surface area contributed by atoms with Crippen molar-refractivity contribution in [3.05, 3.63) is 18.2 Å². The molecule has 13 nitrogen and oxygen atoms in total. The molecule has 1 rings (SSSR count). The molecular formula is C18H28N6O7S. The van der Waals surface area contributed by atoms with Crippen molar-refractivity contribution in [1.82, 2.24) is 25.9 Å². The fourth-order valence-corrected chi connectivity index (χ4v) is 2.78. The van der Waals surface area contributed by atoms with E-state index in [1.165, 1.54) is 12.5 Å². The Morgan fingerprint density at radius 1 is 1.06 bits per heavy atom. The quantitative estimate of drug-likeness (QED) is 0.147. The first-order chi connectivity index (χ1) is 15.0. The topological polar surface area (TPSA) is 217 Å². The number of aromatic amines is 1. The van der Waals surface area contributed by atoms with Crippen molar-refractivity contribution in [3.8, 4) is 0 Å². The molecule has 1 aromatic heterocycles. The number of carboxylic acids is 2. The molecule has 1 heterocycles. The Hall–Kier alpha value is -3.13. The third-order valence-corrected chi connectivity index (χ3v) is 4.78. The highest BCUT2D eigenvalue weighted by molar-refractivity contribution is 7.80. The number of carboxylic acid groups (broad SMARTS) is 2. The van der Waals surface area contributed by atoms with Gasteiger partial charge in [0.05, 0.1) is 18.8 Å². The Kier molecular flexibility index (Phi) is 10.6. The first kappa shape index (κ1) is 26.9. The van der Waals surface area contributed by atoms with Gasteiger partial charge in [0, 0.05) is 24.1 Å². The molecule has 0 saturated carbocycles. The highest BCUT2D eigenvalue weighted by Gasteiger charge is 2.32. The standard InChI is InChI=1S/C18H28N6O7S/c1-8(2)14(24-15(27)10(19)6-32)17(29)22-11(4-13(25)26)16(28)23-12(18(30)31)3-9-5-20-7-21-9/h5,7-8,10-12,14,32H,3-4,6,19H2,1-2H3,(H,20,21)(H,22,29)(H,23,28)(H,24,27)(H,25,26)(H,30,31). The Bertz CT molecular complexity index is 817. The highest BCUT2D eigenvalue weighted by Crippen LogP contribution is 2.06. The predicted octanol–water partition coefficient (Wildman–Crippen LogP) is -2.12. The van der Waals surface area contributed by atoms with E-state index >= 15 is 0 Å². The van der Waals surface area contributed by atoms with Crippen LogP contribution in [0.15, 0.2) is 12.5 Å². The van der Waals surface area contributed by atoms with Crippen molar-refractivity contribution in [2.45, 2.75) is 50.9 Å². The third kappa shape index (κ3) is 8.55. The molecule has 4 unspecified atom stereocenters. The molecule has 0 aliphatic heterocycles. The number of rotatable bonds is 13. The third-order valence-electron chi connectivity index (χ3n) is 4.39. The number of nitrogens with zero attached hydrogens (tertiary/aromatic N) is 1. The van der Waals surface area contributed by atoms with Gasteiger partial charge in [-0.1, -0.05) is 13.8 Å². The van der Waals surface area contributed by atoms with Gasteiger partial charge in [0.1, 0.15) is 18.1 Å². The van der Waals surface area contributed by atoms with Crippen LogP contribution in [0.3, 0.4) is 0 Å². The van der Waals surface area contributed by atoms with E-state index in [1.54, 1.807) is 13.8 Å². The zero-order valence-corrected chi connectivity index (χ0v) is 18.5. The lowest BCUT2D eigenvalue weighted by Gasteiger charge is -2.26. The second-order valence-electron chi connectivity index (χ2n) is 7.36. The second-order valence-corrected chi connectivity index (χ2v) is 7.72. The van der Waals surface area contributed by atoms with E-state index < -0.39 is 66.2 Å². The van der Waals surface area contributed by atoms with Crippen molar-refractivity contribution >= 4 is 42.3 Å². The van der Waals surface area contributed by atoms with Gasteiger partial charge >= 0.3 is 11.9 Å². The van der Waals surface area contributed by atoms with Gasteiger partial charge in [0.25, 0.3) is 0 Å². The summed E-state index contributed by atoms with van der Waals surface area (Å²) in [6.07, 6.45) is 1.78. The van der Waals surface area contributed by atoms with Crippen molar-refractivity contribution < 1.29 is 34.2 Å². The molecule has 0 bridgehead atoms. The molecule has 0 fully saturated rings. The number of H-pyrrole nitrogens is 1. The van der Waals surface area contributed by atoms with Crippen LogP contribution in [0, 0.1) is 5.92 Å². The van der Waals surface area contributed by atoms with Gasteiger partial charge in [-0.3, -0.25) is 19.2 Å². The van der Waals surface area contributed by atoms with E-state index in [-0.39, 0.29) is 12.2 Å². The summed E-state index contributed by atoms with van der Waals surface area (Å²) in [5.41, 5.74) is 6.02. The molecule has 0 aliphatic rings. The lowest BCUT2D eigenvalue weighted by atomic mass is 10.0. The van der Waals surface area contributed by atoms with Gasteiger partial charge in [-0.2, -0.15) is 12.6 Å². The van der Waals surface area contributed by atoms with E-state index in [9.17, 15) is 29.1 Å². The summed E-state index contributed by atoms with van der Waals surface area (Å²) < 4.78 is 0. The first-order valence-corrected chi connectivity index (χ1v) is 10.3. The number of hydrogen-bond acceptors (Lipinski definition) is 8. The van der Waals surface area contributed by atoms with Crippen molar-refractivity contribution in [2.24, 2.45) is 11.7 Å². The minimum atomic E-state index is -1.58. The number of hydrogen-bond donors (Lipinski definition) is 8. The highest BCUT2D eigenvalue weighted by atomic mass is 32.1. The summed E-state index contributed by atoms with van der Waals surface area (Å²) in [5, 5.41) is 25.5. The van der Waals surface area contributed by atoms with Gasteiger partial charge in [0.2, 0.25) is 17.7 Å². The summed E-state index contributed by atoms with van der Waals surface area (Å²) in [5.74, 6) is -5.61. The van der Waals surface area contributed by atoms with Crippen LogP contribution in [0.2, 0.25) is 0 Å². The van der Waals surface area contributed by atoms with Crippen LogP contribution in [-0.4, -0.2) is 79.8 Å². The van der Waals surface area contributed by atoms with Crippen LogP contribution < -0.4 is 21.7 Å². The first-order valence-electron chi connectivity index (χ1n) is 9.65. The average Bonchev–Trinajstić information content (AvgIpc) is 3.22. The number of aliphatic carboxylic acids is 2. The Morgan fingerprint density at radius 2 is 1.69 bits per heavy atom. The fraction of sp³-hybridized carbons (Fsp3) is 0.556. The Labute approximate surface area is 189 Å². The summed E-state index contributed by atoms with van der Waals surface area (Å²) in [6.45, 7) is 3.27. The van der Waals surface area contributed by atoms with Gasteiger partial charge in [-0.05, 0) is 5.92 Å². The van der Waals surface area contributed by atoms with Crippen LogP contribution in [0.25, 0.3) is 0 Å². The van der Waals surface area contributed by atoms with Gasteiger partial charge in [-0.15, -0.1) is 0 Å². The molecular weight excluding hydrogens is 444 g/mol. The van der Waals surface area contributed by atoms with Gasteiger partial charge < -0.3 is 36.9 Å². The van der Waals surface area contributed by atoms with Crippen LogP contribution in [0.5, 0.6) is 0 Å². The zero-order chi connectivity index (χ0) is 24.4. The number of nitrogens with one attached hydrogen (secondary N) is 4. The normalized spacial score (nSPS) is 14.7. The average molecular weight is 473 g/mol. The molecule has 0 aromatic carbocycles. The number of carbonyl (C=O) groups is 5. The summed E-state index contributed by atoms with van der Waals surface area (Å²) in [4.78, 5) is 66.6. The van der Waals surface area contributed by atoms with Crippen LogP contribution in [0.4, 0.5) is 0 Å². The number of thiol groups is 1. The molecule has 0 saturated heterocycles. The maximum Gasteiger partial charge on any atom is 0.326 e. The molecule has 0 radical (unpaired) electrons. The van der Waals surface area contributed by atoms with Crippen LogP contribution in [0.1, 0.15) is 26.0 Å². The SMILES string of the molecule is CC(C)C(NC(=O)C(N)CS)C(=O)NC(CC(=O)O)C(=O)NC(Cc1cnc[nH]1)C(=O)O. The lowest BCUT2D eigenvalue weighted by Crippen LogP contribution is -2.59. The molecule has 0 spiro atoms. The number of imidazole rings is 1. The Balaban J connectivity index is 2.95. The summed E-state index contributed by atoms with van der Waals surface area (Å²) in [6, 6.07) is -5.06. The van der Waals surface area contributed by atoms with Crippen LogP contribution >= 0.6 is 12.6 Å². The minimum Gasteiger partial charge on any atom is -0.481 e. The van der Waals surface area contributed by atoms with Crippen LogP contribution in [-0.2, 0) is 30.4 Å². The smallest absolute Gasteiger partial charge is 0.326 e. The van der Waals surface area contributed by atoms with E-state index in [0.717, 1.165) is 0 Å². The summed E-state index contributed by atoms with van der Waals surface area (Å²) in [7, 11) is 0. The molecule has 0 aliphatic carbocycles. The largest absolute Gasteiger partial charge is 0.481 e. The number of amides is 3. The fourth-order valence-electron chi connectivity index (χ4n) is 2.61. The second kappa shape index (κ2) is 12.7. The summed E-state index contributed by atoms with van der Waals surface area (Å²) >= 11 is 3.92. The van der Waals surface area contributed by atoms with E-state index in [0.29, 0.717) is 5.69 Å². The minimum absolute atomic E-state index is 0.0369. The van der Waals surface area contributed by atoms with Gasteiger partial charge in [0.15, 0.2) is 0 Å². The predicted molar refractivity (Wildman–Crippen MR) is 115 cm³/mol.